The number of aliphatic hydroxyl groups is 1. The fraction of sp³-hybridized carbons (Fsp3) is 0.647. The summed E-state index contributed by atoms with van der Waals surface area (Å²) in [6, 6.07) is 6.03. The maximum Gasteiger partial charge on any atom is 0.194 e. The molecule has 1 aromatic heterocycles. The summed E-state index contributed by atoms with van der Waals surface area (Å²) in [5, 5.41) is 13.6. The van der Waals surface area contributed by atoms with Gasteiger partial charge in [-0.2, -0.15) is 0 Å². The zero-order valence-corrected chi connectivity index (χ0v) is 13.9. The Hall–Kier alpha value is -1.82. The fourth-order valence-corrected chi connectivity index (χ4v) is 3.08. The monoisotopic (exact) mass is 317 g/mol. The molecule has 0 amide bonds. The highest BCUT2D eigenvalue weighted by Gasteiger charge is 2.34. The maximum absolute atomic E-state index is 10.2. The van der Waals surface area contributed by atoms with Gasteiger partial charge in [-0.25, -0.2) is 4.98 Å². The van der Waals surface area contributed by atoms with Crippen LogP contribution >= 0.6 is 0 Å². The van der Waals surface area contributed by atoms with Gasteiger partial charge >= 0.3 is 0 Å². The molecule has 0 unspecified atom stereocenters. The van der Waals surface area contributed by atoms with Crippen molar-refractivity contribution in [1.29, 1.82) is 0 Å². The molecule has 126 valence electrons. The van der Waals surface area contributed by atoms with E-state index in [-0.39, 0.29) is 0 Å². The van der Waals surface area contributed by atoms with Crippen molar-refractivity contribution in [2.75, 3.05) is 44.2 Å². The Morgan fingerprint density at radius 1 is 1.30 bits per heavy atom. The Morgan fingerprint density at radius 2 is 2.09 bits per heavy atom. The van der Waals surface area contributed by atoms with Crippen molar-refractivity contribution in [3.63, 3.8) is 0 Å². The third-order valence-electron chi connectivity index (χ3n) is 4.69. The summed E-state index contributed by atoms with van der Waals surface area (Å²) in [6.45, 7) is 7.14. The minimum absolute atomic E-state index is 0.510. The number of hydrogen-bond acceptors (Lipinski definition) is 4. The van der Waals surface area contributed by atoms with E-state index in [1.165, 1.54) is 0 Å². The molecule has 1 saturated heterocycles. The predicted octanol–water partition coefficient (Wildman–Crippen LogP) is 1.08. The summed E-state index contributed by atoms with van der Waals surface area (Å²) in [5.74, 6) is 1.96. The first kappa shape index (κ1) is 16.1. The van der Waals surface area contributed by atoms with E-state index in [4.69, 9.17) is 0 Å². The predicted molar refractivity (Wildman–Crippen MR) is 92.8 cm³/mol. The van der Waals surface area contributed by atoms with Crippen molar-refractivity contribution in [1.82, 2.24) is 15.2 Å². The van der Waals surface area contributed by atoms with E-state index >= 15 is 0 Å². The van der Waals surface area contributed by atoms with Crippen molar-refractivity contribution in [3.05, 3.63) is 24.4 Å². The lowest BCUT2D eigenvalue weighted by molar-refractivity contribution is -0.0237. The van der Waals surface area contributed by atoms with Crippen LogP contribution in [-0.2, 0) is 0 Å². The molecular weight excluding hydrogens is 290 g/mol. The molecule has 1 saturated carbocycles. The molecule has 2 aliphatic rings. The maximum atomic E-state index is 10.2. The zero-order valence-electron chi connectivity index (χ0n) is 13.9. The lowest BCUT2D eigenvalue weighted by Crippen LogP contribution is -2.53. The van der Waals surface area contributed by atoms with Gasteiger partial charge in [-0.15, -0.1) is 0 Å². The van der Waals surface area contributed by atoms with E-state index in [0.717, 1.165) is 63.8 Å². The summed E-state index contributed by atoms with van der Waals surface area (Å²) in [4.78, 5) is 13.7. The molecule has 2 N–H and O–H groups in total. The van der Waals surface area contributed by atoms with Crippen LogP contribution in [0.3, 0.4) is 0 Å². The van der Waals surface area contributed by atoms with Crippen molar-refractivity contribution in [2.45, 2.75) is 31.8 Å². The van der Waals surface area contributed by atoms with Crippen LogP contribution < -0.4 is 10.2 Å². The van der Waals surface area contributed by atoms with E-state index in [1.54, 1.807) is 0 Å². The van der Waals surface area contributed by atoms with Gasteiger partial charge < -0.3 is 20.2 Å². The number of pyridine rings is 1. The van der Waals surface area contributed by atoms with E-state index in [1.807, 2.05) is 18.3 Å². The van der Waals surface area contributed by atoms with Crippen LogP contribution in [0.1, 0.15) is 26.2 Å². The van der Waals surface area contributed by atoms with Gasteiger partial charge in [-0.1, -0.05) is 6.07 Å². The lowest BCUT2D eigenvalue weighted by Gasteiger charge is -2.38. The van der Waals surface area contributed by atoms with Crippen LogP contribution in [0.2, 0.25) is 0 Å². The zero-order chi connectivity index (χ0) is 16.1. The first-order valence-corrected chi connectivity index (χ1v) is 8.62. The number of aromatic nitrogens is 1. The second kappa shape index (κ2) is 7.17. The van der Waals surface area contributed by atoms with Crippen LogP contribution in [0, 0.1) is 0 Å². The molecule has 0 bridgehead atoms. The molecule has 6 nitrogen and oxygen atoms in total. The van der Waals surface area contributed by atoms with Gasteiger partial charge in [-0.3, -0.25) is 4.99 Å². The highest BCUT2D eigenvalue weighted by atomic mass is 16.3. The van der Waals surface area contributed by atoms with Crippen LogP contribution in [0.4, 0.5) is 5.82 Å². The number of anilines is 1. The number of aliphatic imine (C=N–C) groups is 1. The highest BCUT2D eigenvalue weighted by molar-refractivity contribution is 5.80. The number of hydrogen-bond donors (Lipinski definition) is 2. The van der Waals surface area contributed by atoms with E-state index in [9.17, 15) is 5.11 Å². The average Bonchev–Trinajstić information content (AvgIpc) is 2.58. The molecule has 1 aliphatic heterocycles. The Bertz CT molecular complexity index is 521. The molecule has 1 aliphatic carbocycles. The summed E-state index contributed by atoms with van der Waals surface area (Å²) < 4.78 is 0. The van der Waals surface area contributed by atoms with Gasteiger partial charge in [-0.05, 0) is 38.3 Å². The first-order chi connectivity index (χ1) is 11.2. The molecular formula is C17H27N5O. The number of rotatable bonds is 4. The Labute approximate surface area is 138 Å². The number of piperazine rings is 1. The minimum Gasteiger partial charge on any atom is -0.388 e. The minimum atomic E-state index is -0.559. The van der Waals surface area contributed by atoms with E-state index in [0.29, 0.717) is 6.54 Å². The quantitative estimate of drug-likeness (QED) is 0.643. The molecule has 0 aromatic carbocycles. The van der Waals surface area contributed by atoms with Crippen LogP contribution in [0.5, 0.6) is 0 Å². The summed E-state index contributed by atoms with van der Waals surface area (Å²) in [5.41, 5.74) is -0.559. The molecule has 2 heterocycles. The molecule has 0 atom stereocenters. The van der Waals surface area contributed by atoms with Crippen molar-refractivity contribution in [2.24, 2.45) is 4.99 Å². The first-order valence-electron chi connectivity index (χ1n) is 8.62. The normalized spacial score (nSPS) is 21.0. The second-order valence-electron chi connectivity index (χ2n) is 6.41. The molecule has 0 spiro atoms. The van der Waals surface area contributed by atoms with Crippen LogP contribution in [0.25, 0.3) is 0 Å². The lowest BCUT2D eigenvalue weighted by atomic mass is 9.80. The highest BCUT2D eigenvalue weighted by Crippen LogP contribution is 2.31. The van der Waals surface area contributed by atoms with Gasteiger partial charge in [0.15, 0.2) is 5.96 Å². The third-order valence-corrected chi connectivity index (χ3v) is 4.69. The summed E-state index contributed by atoms with van der Waals surface area (Å²) >= 11 is 0. The van der Waals surface area contributed by atoms with Gasteiger partial charge in [0.25, 0.3) is 0 Å². The Balaban J connectivity index is 1.58. The average molecular weight is 317 g/mol. The SMILES string of the molecule is CCNC(=NCC1(O)CCC1)N1CCN(c2ccccn2)CC1. The second-order valence-corrected chi connectivity index (χ2v) is 6.41. The van der Waals surface area contributed by atoms with Gasteiger partial charge in [0.2, 0.25) is 0 Å². The Kier molecular flexibility index (Phi) is 5.00. The fourth-order valence-electron chi connectivity index (χ4n) is 3.08. The molecule has 1 aromatic rings. The van der Waals surface area contributed by atoms with E-state index < -0.39 is 5.60 Å². The smallest absolute Gasteiger partial charge is 0.194 e. The van der Waals surface area contributed by atoms with Gasteiger partial charge in [0.1, 0.15) is 5.82 Å². The van der Waals surface area contributed by atoms with Crippen LogP contribution in [0.15, 0.2) is 29.4 Å². The number of nitrogens with zero attached hydrogens (tertiary/aromatic N) is 4. The molecule has 3 rings (SSSR count). The molecule has 0 radical (unpaired) electrons. The number of nitrogens with one attached hydrogen (secondary N) is 1. The molecule has 2 fully saturated rings. The van der Waals surface area contributed by atoms with Gasteiger partial charge in [0, 0.05) is 38.9 Å². The Morgan fingerprint density at radius 3 is 2.65 bits per heavy atom. The van der Waals surface area contributed by atoms with E-state index in [2.05, 4.69) is 38.1 Å². The summed E-state index contributed by atoms with van der Waals surface area (Å²) in [6.07, 6.45) is 4.71. The summed E-state index contributed by atoms with van der Waals surface area (Å²) in [7, 11) is 0. The largest absolute Gasteiger partial charge is 0.388 e. The van der Waals surface area contributed by atoms with Crippen molar-refractivity contribution >= 4 is 11.8 Å². The van der Waals surface area contributed by atoms with Crippen molar-refractivity contribution in [3.8, 4) is 0 Å². The number of guanidine groups is 1. The topological polar surface area (TPSA) is 64.0 Å². The third kappa shape index (κ3) is 3.93. The van der Waals surface area contributed by atoms with Crippen molar-refractivity contribution < 1.29 is 5.11 Å². The molecule has 6 heteroatoms. The van der Waals surface area contributed by atoms with Crippen LogP contribution in [-0.4, -0.2) is 65.8 Å². The van der Waals surface area contributed by atoms with Gasteiger partial charge in [0.05, 0.1) is 12.1 Å². The standard InChI is InChI=1S/C17H27N5O/c1-2-18-16(20-14-17(23)7-5-8-17)22-12-10-21(11-13-22)15-6-3-4-9-19-15/h3-4,6,9,23H,2,5,7-8,10-14H2,1H3,(H,18,20). The molecule has 23 heavy (non-hydrogen) atoms.